The monoisotopic (exact) mass is 406 g/mol. The SMILES string of the molecule is CNc1c(C(=O)NC2CC2)cnc2cc(OC)c(-c3ccc(C(O)NC)cc3)cc12. The van der Waals surface area contributed by atoms with Crippen LogP contribution in [0.5, 0.6) is 5.75 Å². The summed E-state index contributed by atoms with van der Waals surface area (Å²) < 4.78 is 5.62. The van der Waals surface area contributed by atoms with Gasteiger partial charge in [0.1, 0.15) is 12.0 Å². The number of benzene rings is 2. The number of nitrogens with zero attached hydrogens (tertiary/aromatic N) is 1. The van der Waals surface area contributed by atoms with Gasteiger partial charge < -0.3 is 20.5 Å². The first-order valence-corrected chi connectivity index (χ1v) is 10.0. The number of hydrogen-bond donors (Lipinski definition) is 4. The normalized spacial score (nSPS) is 14.4. The van der Waals surface area contributed by atoms with Gasteiger partial charge in [0.15, 0.2) is 0 Å². The molecule has 0 spiro atoms. The molecule has 1 heterocycles. The van der Waals surface area contributed by atoms with E-state index in [-0.39, 0.29) is 11.9 Å². The topological polar surface area (TPSA) is 95.5 Å². The lowest BCUT2D eigenvalue weighted by atomic mass is 9.98. The minimum Gasteiger partial charge on any atom is -0.496 e. The van der Waals surface area contributed by atoms with Crippen LogP contribution < -0.4 is 20.7 Å². The molecule has 30 heavy (non-hydrogen) atoms. The predicted molar refractivity (Wildman–Crippen MR) is 118 cm³/mol. The van der Waals surface area contributed by atoms with Gasteiger partial charge in [0.2, 0.25) is 0 Å². The summed E-state index contributed by atoms with van der Waals surface area (Å²) in [6, 6.07) is 11.8. The second kappa shape index (κ2) is 8.30. The van der Waals surface area contributed by atoms with Gasteiger partial charge >= 0.3 is 0 Å². The van der Waals surface area contributed by atoms with Crippen LogP contribution in [-0.2, 0) is 0 Å². The van der Waals surface area contributed by atoms with E-state index in [1.165, 1.54) is 0 Å². The average molecular weight is 406 g/mol. The largest absolute Gasteiger partial charge is 0.496 e. The van der Waals surface area contributed by atoms with Crippen molar-refractivity contribution in [1.29, 1.82) is 0 Å². The number of aliphatic hydroxyl groups excluding tert-OH is 1. The van der Waals surface area contributed by atoms with Crippen molar-refractivity contribution in [2.75, 3.05) is 26.5 Å². The Balaban J connectivity index is 1.81. The van der Waals surface area contributed by atoms with Gasteiger partial charge in [-0.1, -0.05) is 24.3 Å². The summed E-state index contributed by atoms with van der Waals surface area (Å²) in [5.74, 6) is 0.577. The molecule has 2 aromatic carbocycles. The number of aliphatic hydroxyl groups is 1. The summed E-state index contributed by atoms with van der Waals surface area (Å²) in [7, 11) is 5.13. The summed E-state index contributed by atoms with van der Waals surface area (Å²) in [6.07, 6.45) is 2.95. The van der Waals surface area contributed by atoms with Crippen LogP contribution in [0.25, 0.3) is 22.0 Å². The highest BCUT2D eigenvalue weighted by atomic mass is 16.5. The third-order valence-electron chi connectivity index (χ3n) is 5.41. The summed E-state index contributed by atoms with van der Waals surface area (Å²) in [5.41, 5.74) is 4.61. The van der Waals surface area contributed by atoms with E-state index in [0.717, 1.165) is 46.1 Å². The van der Waals surface area contributed by atoms with Crippen molar-refractivity contribution < 1.29 is 14.6 Å². The highest BCUT2D eigenvalue weighted by Gasteiger charge is 2.26. The third kappa shape index (κ3) is 3.81. The van der Waals surface area contributed by atoms with Crippen LogP contribution in [-0.4, -0.2) is 43.2 Å². The highest BCUT2D eigenvalue weighted by molar-refractivity contribution is 6.08. The Morgan fingerprint density at radius 3 is 2.53 bits per heavy atom. The van der Waals surface area contributed by atoms with E-state index in [9.17, 15) is 9.90 Å². The number of fused-ring (bicyclic) bond motifs is 1. The summed E-state index contributed by atoms with van der Waals surface area (Å²) in [6.45, 7) is 0. The number of carbonyl (C=O) groups excluding carboxylic acids is 1. The molecule has 4 N–H and O–H groups in total. The minimum atomic E-state index is -0.717. The molecule has 0 bridgehead atoms. The van der Waals surface area contributed by atoms with Crippen LogP contribution in [0.1, 0.15) is 35.0 Å². The second-order valence-corrected chi connectivity index (χ2v) is 7.43. The maximum absolute atomic E-state index is 12.7. The number of hydrogen-bond acceptors (Lipinski definition) is 6. The maximum atomic E-state index is 12.7. The van der Waals surface area contributed by atoms with Gasteiger partial charge in [0, 0.05) is 36.3 Å². The van der Waals surface area contributed by atoms with Crippen LogP contribution in [0, 0.1) is 0 Å². The van der Waals surface area contributed by atoms with Gasteiger partial charge in [-0.2, -0.15) is 0 Å². The number of anilines is 1. The van der Waals surface area contributed by atoms with E-state index in [1.54, 1.807) is 27.4 Å². The Morgan fingerprint density at radius 2 is 1.93 bits per heavy atom. The van der Waals surface area contributed by atoms with Crippen molar-refractivity contribution in [3.05, 3.63) is 53.7 Å². The predicted octanol–water partition coefficient (Wildman–Crippen LogP) is 3.05. The van der Waals surface area contributed by atoms with Gasteiger partial charge in [-0.25, -0.2) is 0 Å². The number of nitrogens with one attached hydrogen (secondary N) is 3. The Kier molecular flexibility index (Phi) is 5.57. The first kappa shape index (κ1) is 20.1. The molecule has 1 aliphatic carbocycles. The molecule has 1 aliphatic rings. The molecule has 1 atom stereocenters. The van der Waals surface area contributed by atoms with Crippen molar-refractivity contribution >= 4 is 22.5 Å². The van der Waals surface area contributed by atoms with Gasteiger partial charge in [0.05, 0.1) is 23.9 Å². The van der Waals surface area contributed by atoms with Crippen LogP contribution in [0.4, 0.5) is 5.69 Å². The zero-order chi connectivity index (χ0) is 21.3. The van der Waals surface area contributed by atoms with Crippen molar-refractivity contribution in [1.82, 2.24) is 15.6 Å². The molecule has 1 fully saturated rings. The highest BCUT2D eigenvalue weighted by Crippen LogP contribution is 2.37. The Bertz CT molecular complexity index is 1080. The van der Waals surface area contributed by atoms with Crippen molar-refractivity contribution in [3.63, 3.8) is 0 Å². The van der Waals surface area contributed by atoms with E-state index < -0.39 is 6.23 Å². The molecule has 0 radical (unpaired) electrons. The number of carbonyl (C=O) groups is 1. The number of pyridine rings is 1. The molecule has 0 aliphatic heterocycles. The molecule has 1 amide bonds. The van der Waals surface area contributed by atoms with E-state index in [2.05, 4.69) is 20.9 Å². The lowest BCUT2D eigenvalue weighted by Crippen LogP contribution is -2.26. The summed E-state index contributed by atoms with van der Waals surface area (Å²) >= 11 is 0. The molecule has 3 aromatic rings. The Hall–Kier alpha value is -3.16. The van der Waals surface area contributed by atoms with Gasteiger partial charge in [-0.05, 0) is 37.1 Å². The molecule has 156 valence electrons. The molecule has 1 aromatic heterocycles. The number of ether oxygens (including phenoxy) is 1. The third-order valence-corrected chi connectivity index (χ3v) is 5.41. The van der Waals surface area contributed by atoms with Gasteiger partial charge in [-0.15, -0.1) is 0 Å². The van der Waals surface area contributed by atoms with Gasteiger partial charge in [-0.3, -0.25) is 15.1 Å². The average Bonchev–Trinajstić information content (AvgIpc) is 3.60. The first-order chi connectivity index (χ1) is 14.5. The quantitative estimate of drug-likeness (QED) is 0.451. The van der Waals surface area contributed by atoms with Crippen molar-refractivity contribution in [2.45, 2.75) is 25.1 Å². The van der Waals surface area contributed by atoms with Crippen LogP contribution in [0.2, 0.25) is 0 Å². The molecule has 7 nitrogen and oxygen atoms in total. The second-order valence-electron chi connectivity index (χ2n) is 7.43. The molecule has 1 unspecified atom stereocenters. The van der Waals surface area contributed by atoms with Crippen LogP contribution in [0.15, 0.2) is 42.6 Å². The number of rotatable bonds is 7. The fraction of sp³-hybridized carbons (Fsp3) is 0.304. The molecule has 4 rings (SSSR count). The van der Waals surface area contributed by atoms with E-state index in [4.69, 9.17) is 4.74 Å². The van der Waals surface area contributed by atoms with Crippen LogP contribution >= 0.6 is 0 Å². The molecular weight excluding hydrogens is 380 g/mol. The first-order valence-electron chi connectivity index (χ1n) is 10.0. The number of amides is 1. The molecule has 0 saturated heterocycles. The fourth-order valence-electron chi connectivity index (χ4n) is 3.56. The lowest BCUT2D eigenvalue weighted by molar-refractivity contribution is 0.0951. The van der Waals surface area contributed by atoms with Crippen LogP contribution in [0.3, 0.4) is 0 Å². The lowest BCUT2D eigenvalue weighted by Gasteiger charge is -2.16. The molecule has 1 saturated carbocycles. The van der Waals surface area contributed by atoms with Crippen molar-refractivity contribution in [2.24, 2.45) is 0 Å². The van der Waals surface area contributed by atoms with E-state index >= 15 is 0 Å². The summed E-state index contributed by atoms with van der Waals surface area (Å²) in [4.78, 5) is 17.2. The minimum absolute atomic E-state index is 0.112. The zero-order valence-corrected chi connectivity index (χ0v) is 17.3. The molecule has 7 heteroatoms. The Labute approximate surface area is 175 Å². The standard InChI is InChI=1S/C23H26N4O3/c1-24-21-17-10-16(13-4-6-14(7-5-13)22(28)25-2)20(30-3)11-19(17)26-12-18(21)23(29)27-15-8-9-15/h4-7,10-12,15,22,25,28H,8-9H2,1-3H3,(H,24,26)(H,27,29). The summed E-state index contributed by atoms with van der Waals surface area (Å²) in [5, 5.41) is 19.8. The molecular formula is C23H26N4O3. The number of aromatic nitrogens is 1. The fourth-order valence-corrected chi connectivity index (χ4v) is 3.56. The van der Waals surface area contributed by atoms with E-state index in [0.29, 0.717) is 11.3 Å². The van der Waals surface area contributed by atoms with E-state index in [1.807, 2.05) is 36.4 Å². The smallest absolute Gasteiger partial charge is 0.255 e. The van der Waals surface area contributed by atoms with Gasteiger partial charge in [0.25, 0.3) is 5.91 Å². The zero-order valence-electron chi connectivity index (χ0n) is 17.3. The Morgan fingerprint density at radius 1 is 1.20 bits per heavy atom. The van der Waals surface area contributed by atoms with Crippen molar-refractivity contribution in [3.8, 4) is 16.9 Å². The maximum Gasteiger partial charge on any atom is 0.255 e. The number of methoxy groups -OCH3 is 1.